The van der Waals surface area contributed by atoms with Gasteiger partial charge in [0.25, 0.3) is 0 Å². The van der Waals surface area contributed by atoms with Gasteiger partial charge in [0, 0.05) is 16.7 Å². The first-order valence-electron chi connectivity index (χ1n) is 10.4. The highest BCUT2D eigenvalue weighted by Crippen LogP contribution is 2.41. The number of benzene rings is 4. The van der Waals surface area contributed by atoms with Gasteiger partial charge in [-0.15, -0.1) is 0 Å². The number of furan rings is 1. The van der Waals surface area contributed by atoms with Gasteiger partial charge >= 0.3 is 0 Å². The molecular weight excluding hydrogens is 380 g/mol. The van der Waals surface area contributed by atoms with Crippen LogP contribution in [0.1, 0.15) is 5.56 Å². The molecule has 4 aromatic carbocycles. The molecule has 0 radical (unpaired) electrons. The molecule has 1 aromatic heterocycles. The number of rotatable bonds is 5. The Morgan fingerprint density at radius 3 is 1.84 bits per heavy atom. The minimum Gasteiger partial charge on any atom is -0.455 e. The summed E-state index contributed by atoms with van der Waals surface area (Å²) in [4.78, 5) is 0. The molecule has 0 unspecified atom stereocenters. The standard InChI is InChI=1S/C29H22O2/c30-20-21-10-9-15-24(18-21)25-16-7-8-17-26(25)28-19-27(22-11-3-1-4-12-22)29(31-28)23-13-5-2-6-14-23/h1-19,30H,20H2. The zero-order chi connectivity index (χ0) is 21.0. The minimum absolute atomic E-state index is 0.0209. The average Bonchev–Trinajstić information content (AvgIpc) is 3.31. The molecule has 0 amide bonds. The van der Waals surface area contributed by atoms with E-state index in [2.05, 4.69) is 48.5 Å². The number of aliphatic hydroxyl groups is 1. The van der Waals surface area contributed by atoms with Crippen molar-refractivity contribution in [2.75, 3.05) is 0 Å². The van der Waals surface area contributed by atoms with E-state index in [1.54, 1.807) is 0 Å². The maximum Gasteiger partial charge on any atom is 0.142 e. The summed E-state index contributed by atoms with van der Waals surface area (Å²) in [5, 5.41) is 9.57. The molecular formula is C29H22O2. The van der Waals surface area contributed by atoms with Gasteiger partial charge < -0.3 is 9.52 Å². The van der Waals surface area contributed by atoms with Gasteiger partial charge in [-0.25, -0.2) is 0 Å². The molecule has 0 atom stereocenters. The van der Waals surface area contributed by atoms with Crippen molar-refractivity contribution in [1.82, 2.24) is 0 Å². The quantitative estimate of drug-likeness (QED) is 0.331. The molecule has 0 aliphatic heterocycles. The zero-order valence-corrected chi connectivity index (χ0v) is 17.0. The van der Waals surface area contributed by atoms with Crippen LogP contribution < -0.4 is 0 Å². The number of hydrogen-bond acceptors (Lipinski definition) is 2. The third-order valence-electron chi connectivity index (χ3n) is 5.47. The van der Waals surface area contributed by atoms with Crippen LogP contribution in [0.15, 0.2) is 120 Å². The Morgan fingerprint density at radius 2 is 1.13 bits per heavy atom. The van der Waals surface area contributed by atoms with E-state index in [9.17, 15) is 5.11 Å². The summed E-state index contributed by atoms with van der Waals surface area (Å²) in [6.45, 7) is 0.0209. The second-order valence-electron chi connectivity index (χ2n) is 7.49. The number of aliphatic hydroxyl groups excluding tert-OH is 1. The Labute approximate surface area is 182 Å². The predicted molar refractivity (Wildman–Crippen MR) is 126 cm³/mol. The van der Waals surface area contributed by atoms with E-state index in [0.29, 0.717) is 0 Å². The molecule has 0 spiro atoms. The SMILES string of the molecule is OCc1cccc(-c2ccccc2-c2cc(-c3ccccc3)c(-c3ccccc3)o2)c1. The Kier molecular flexibility index (Phi) is 5.22. The summed E-state index contributed by atoms with van der Waals surface area (Å²) in [6.07, 6.45) is 0. The normalized spacial score (nSPS) is 10.9. The third-order valence-corrected chi connectivity index (χ3v) is 5.47. The van der Waals surface area contributed by atoms with E-state index in [4.69, 9.17) is 4.42 Å². The minimum atomic E-state index is 0.0209. The maximum absolute atomic E-state index is 9.57. The summed E-state index contributed by atoms with van der Waals surface area (Å²) < 4.78 is 6.51. The first-order valence-corrected chi connectivity index (χ1v) is 10.4. The fourth-order valence-corrected chi connectivity index (χ4v) is 3.95. The molecule has 31 heavy (non-hydrogen) atoms. The first-order chi connectivity index (χ1) is 15.3. The first kappa shape index (κ1) is 19.1. The second-order valence-corrected chi connectivity index (χ2v) is 7.49. The molecule has 2 heteroatoms. The molecule has 5 aromatic rings. The Hall–Kier alpha value is -3.88. The van der Waals surface area contributed by atoms with Crippen molar-refractivity contribution in [3.05, 3.63) is 121 Å². The van der Waals surface area contributed by atoms with E-state index in [0.717, 1.165) is 50.5 Å². The van der Waals surface area contributed by atoms with E-state index < -0.39 is 0 Å². The molecule has 0 bridgehead atoms. The Balaban J connectivity index is 1.70. The van der Waals surface area contributed by atoms with Gasteiger partial charge in [0.05, 0.1) is 6.61 Å². The van der Waals surface area contributed by atoms with Crippen LogP contribution in [-0.4, -0.2) is 5.11 Å². The van der Waals surface area contributed by atoms with Gasteiger partial charge in [-0.1, -0.05) is 103 Å². The van der Waals surface area contributed by atoms with E-state index in [-0.39, 0.29) is 6.61 Å². The smallest absolute Gasteiger partial charge is 0.142 e. The Bertz CT molecular complexity index is 1240. The highest BCUT2D eigenvalue weighted by molar-refractivity contribution is 5.88. The predicted octanol–water partition coefficient (Wildman–Crippen LogP) is 7.44. The van der Waals surface area contributed by atoms with Crippen LogP contribution in [0.4, 0.5) is 0 Å². The van der Waals surface area contributed by atoms with Crippen molar-refractivity contribution in [3.8, 4) is 44.9 Å². The molecule has 5 rings (SSSR count). The van der Waals surface area contributed by atoms with Crippen LogP contribution >= 0.6 is 0 Å². The lowest BCUT2D eigenvalue weighted by molar-refractivity contribution is 0.282. The molecule has 1 heterocycles. The lowest BCUT2D eigenvalue weighted by atomic mass is 9.96. The van der Waals surface area contributed by atoms with Crippen LogP contribution in [0.3, 0.4) is 0 Å². The van der Waals surface area contributed by atoms with Crippen molar-refractivity contribution >= 4 is 0 Å². The molecule has 2 nitrogen and oxygen atoms in total. The number of hydrogen-bond donors (Lipinski definition) is 1. The topological polar surface area (TPSA) is 33.4 Å². The zero-order valence-electron chi connectivity index (χ0n) is 17.0. The summed E-state index contributed by atoms with van der Waals surface area (Å²) >= 11 is 0. The monoisotopic (exact) mass is 402 g/mol. The van der Waals surface area contributed by atoms with Gasteiger partial charge in [-0.2, -0.15) is 0 Å². The van der Waals surface area contributed by atoms with Gasteiger partial charge in [0.1, 0.15) is 11.5 Å². The maximum atomic E-state index is 9.57. The van der Waals surface area contributed by atoms with Crippen LogP contribution in [0.2, 0.25) is 0 Å². The highest BCUT2D eigenvalue weighted by Gasteiger charge is 2.18. The second kappa shape index (κ2) is 8.47. The van der Waals surface area contributed by atoms with Crippen LogP contribution in [0.25, 0.3) is 44.9 Å². The van der Waals surface area contributed by atoms with Gasteiger partial charge in [0.15, 0.2) is 0 Å². The largest absolute Gasteiger partial charge is 0.455 e. The van der Waals surface area contributed by atoms with E-state index >= 15 is 0 Å². The highest BCUT2D eigenvalue weighted by atomic mass is 16.3. The van der Waals surface area contributed by atoms with Crippen molar-refractivity contribution in [2.45, 2.75) is 6.61 Å². The van der Waals surface area contributed by atoms with Crippen LogP contribution in [0.5, 0.6) is 0 Å². The van der Waals surface area contributed by atoms with E-state index in [1.165, 1.54) is 0 Å². The molecule has 0 aliphatic rings. The molecule has 0 saturated carbocycles. The van der Waals surface area contributed by atoms with Crippen molar-refractivity contribution < 1.29 is 9.52 Å². The summed E-state index contributed by atoms with van der Waals surface area (Å²) in [5.41, 5.74) is 7.29. The third kappa shape index (κ3) is 3.81. The summed E-state index contributed by atoms with van der Waals surface area (Å²) in [5.74, 6) is 1.68. The van der Waals surface area contributed by atoms with E-state index in [1.807, 2.05) is 66.7 Å². The Morgan fingerprint density at radius 1 is 0.516 bits per heavy atom. The van der Waals surface area contributed by atoms with Crippen LogP contribution in [-0.2, 0) is 6.61 Å². The summed E-state index contributed by atoms with van der Waals surface area (Å²) in [7, 11) is 0. The molecule has 0 aliphatic carbocycles. The fourth-order valence-electron chi connectivity index (χ4n) is 3.95. The van der Waals surface area contributed by atoms with Crippen molar-refractivity contribution in [1.29, 1.82) is 0 Å². The van der Waals surface area contributed by atoms with Crippen molar-refractivity contribution in [2.24, 2.45) is 0 Å². The van der Waals surface area contributed by atoms with Gasteiger partial charge in [0.2, 0.25) is 0 Å². The van der Waals surface area contributed by atoms with Gasteiger partial charge in [-0.05, 0) is 34.4 Å². The molecule has 1 N–H and O–H groups in total. The molecule has 0 fully saturated rings. The summed E-state index contributed by atoms with van der Waals surface area (Å²) in [6, 6.07) is 38.9. The van der Waals surface area contributed by atoms with Crippen molar-refractivity contribution in [3.63, 3.8) is 0 Å². The van der Waals surface area contributed by atoms with Gasteiger partial charge in [-0.3, -0.25) is 0 Å². The van der Waals surface area contributed by atoms with Crippen LogP contribution in [0, 0.1) is 0 Å². The average molecular weight is 402 g/mol. The fraction of sp³-hybridized carbons (Fsp3) is 0.0345. The lowest BCUT2D eigenvalue weighted by Gasteiger charge is -2.09. The lowest BCUT2D eigenvalue weighted by Crippen LogP contribution is -1.87. The molecule has 0 saturated heterocycles. The molecule has 150 valence electrons.